The summed E-state index contributed by atoms with van der Waals surface area (Å²) in [5.41, 5.74) is 6.00. The van der Waals surface area contributed by atoms with E-state index in [0.717, 1.165) is 110 Å². The second kappa shape index (κ2) is 40.2. The molecule has 0 bridgehead atoms. The molecule has 0 atom stereocenters. The molecule has 2 rings (SSSR count). The third-order valence-corrected chi connectivity index (χ3v) is 16.9. The first-order chi connectivity index (χ1) is 33.0. The Balaban J connectivity index is 2.63. The zero-order valence-electron chi connectivity index (χ0n) is 44.9. The van der Waals surface area contributed by atoms with Crippen molar-refractivity contribution in [2.24, 2.45) is 0 Å². The van der Waals surface area contributed by atoms with Gasteiger partial charge in [-0.2, -0.15) is 0 Å². The average Bonchev–Trinajstić information content (AvgIpc) is 3.31. The van der Waals surface area contributed by atoms with Crippen LogP contribution in [0.1, 0.15) is 307 Å². The number of hydrogen-bond donors (Lipinski definition) is 4. The number of benzene rings is 2. The lowest BCUT2D eigenvalue weighted by Gasteiger charge is -2.28. The van der Waals surface area contributed by atoms with E-state index in [1.54, 1.807) is 12.1 Å². The van der Waals surface area contributed by atoms with Crippen molar-refractivity contribution in [2.45, 2.75) is 310 Å². The van der Waals surface area contributed by atoms with Crippen LogP contribution < -0.4 is 10.6 Å². The van der Waals surface area contributed by atoms with Crippen molar-refractivity contribution in [1.82, 2.24) is 0 Å². The van der Waals surface area contributed by atoms with Gasteiger partial charge in [0.05, 0.1) is 10.6 Å². The average molecular weight is 987 g/mol. The minimum atomic E-state index is -4.68. The molecule has 0 aliphatic rings. The van der Waals surface area contributed by atoms with Crippen LogP contribution in [0.15, 0.2) is 24.3 Å². The second-order valence-electron chi connectivity index (χ2n) is 21.0. The predicted molar refractivity (Wildman–Crippen MR) is 297 cm³/mol. The zero-order valence-corrected chi connectivity index (χ0v) is 46.7. The molecule has 0 radical (unpaired) electrons. The molecule has 0 unspecified atom stereocenters. The Morgan fingerprint density at radius 3 is 0.735 bits per heavy atom. The molecule has 0 fully saturated rings. The molecular weight excluding hydrogens is 879 g/mol. The van der Waals surface area contributed by atoms with Gasteiger partial charge in [0.2, 0.25) is 0 Å². The van der Waals surface area contributed by atoms with Gasteiger partial charge < -0.3 is 19.6 Å². The Bertz CT molecular complexity index is 1540. The standard InChI is InChI=1S/C60H108O6P2/c1-5-9-13-17-21-25-29-33-37-41-45-55-57(47-43-39-35-31-27-23-19-15-11-7-3)60(68(64,65)66)58(48-44-40-36-32-28-24-20-16-12-8-4)56(46-42-38-34-30-26-22-18-14-10-6-2)59(55)53-49-51-54(52-50-53)67(61,62)63/h49-52H,5-48H2,1-4H3,(H2,61,62,63)(H2,64,65,66). The van der Waals surface area contributed by atoms with Crippen LogP contribution >= 0.6 is 15.2 Å². The van der Waals surface area contributed by atoms with E-state index in [4.69, 9.17) is 0 Å². The second-order valence-corrected chi connectivity index (χ2v) is 24.1. The topological polar surface area (TPSA) is 115 Å². The van der Waals surface area contributed by atoms with E-state index in [-0.39, 0.29) is 5.30 Å². The monoisotopic (exact) mass is 987 g/mol. The van der Waals surface area contributed by atoms with Gasteiger partial charge >= 0.3 is 15.2 Å². The van der Waals surface area contributed by atoms with Gasteiger partial charge in [-0.25, -0.2) is 0 Å². The third-order valence-electron chi connectivity index (χ3n) is 14.8. The first-order valence-electron chi connectivity index (χ1n) is 29.4. The summed E-state index contributed by atoms with van der Waals surface area (Å²) < 4.78 is 26.7. The highest BCUT2D eigenvalue weighted by atomic mass is 31.2. The number of unbranched alkanes of at least 4 members (excludes halogenated alkanes) is 36. The molecule has 0 aliphatic carbocycles. The van der Waals surface area contributed by atoms with Crippen LogP contribution in [0.4, 0.5) is 0 Å². The molecule has 0 amide bonds. The van der Waals surface area contributed by atoms with Crippen LogP contribution in [0.5, 0.6) is 0 Å². The highest BCUT2D eigenvalue weighted by Gasteiger charge is 2.32. The number of rotatable bonds is 47. The van der Waals surface area contributed by atoms with Gasteiger partial charge in [0.15, 0.2) is 0 Å². The zero-order chi connectivity index (χ0) is 49.6. The molecule has 394 valence electrons. The van der Waals surface area contributed by atoms with Crippen LogP contribution in [0.3, 0.4) is 0 Å². The third kappa shape index (κ3) is 28.1. The van der Waals surface area contributed by atoms with Crippen molar-refractivity contribution >= 4 is 25.8 Å². The van der Waals surface area contributed by atoms with Crippen molar-refractivity contribution in [3.63, 3.8) is 0 Å². The summed E-state index contributed by atoms with van der Waals surface area (Å²) >= 11 is 0. The van der Waals surface area contributed by atoms with Gasteiger partial charge in [0, 0.05) is 0 Å². The van der Waals surface area contributed by atoms with Gasteiger partial charge in [0.25, 0.3) is 0 Å². The molecular formula is C60H108O6P2. The molecule has 0 aromatic heterocycles. The highest BCUT2D eigenvalue weighted by molar-refractivity contribution is 7.60. The lowest BCUT2D eigenvalue weighted by atomic mass is 9.80. The van der Waals surface area contributed by atoms with Crippen LogP contribution in [-0.4, -0.2) is 19.6 Å². The van der Waals surface area contributed by atoms with E-state index in [2.05, 4.69) is 27.7 Å². The Hall–Kier alpha value is -1.26. The largest absolute Gasteiger partial charge is 0.356 e. The fourth-order valence-corrected chi connectivity index (χ4v) is 12.5. The number of hydrogen-bond acceptors (Lipinski definition) is 2. The van der Waals surface area contributed by atoms with Crippen molar-refractivity contribution in [2.75, 3.05) is 0 Å². The lowest BCUT2D eigenvalue weighted by molar-refractivity contribution is 0.384. The van der Waals surface area contributed by atoms with Crippen LogP contribution in [0, 0.1) is 0 Å². The molecule has 8 heteroatoms. The van der Waals surface area contributed by atoms with Crippen molar-refractivity contribution < 1.29 is 28.7 Å². The van der Waals surface area contributed by atoms with Crippen LogP contribution in [-0.2, 0) is 34.8 Å². The van der Waals surface area contributed by atoms with E-state index >= 15 is 0 Å². The lowest BCUT2D eigenvalue weighted by Crippen LogP contribution is -2.24. The first kappa shape index (κ1) is 62.9. The molecule has 0 saturated carbocycles. The van der Waals surface area contributed by atoms with Crippen molar-refractivity contribution in [1.29, 1.82) is 0 Å². The fraction of sp³-hybridized carbons (Fsp3) is 0.800. The Kier molecular flexibility index (Phi) is 37.2. The van der Waals surface area contributed by atoms with Gasteiger partial charge in [-0.1, -0.05) is 271 Å². The van der Waals surface area contributed by atoms with Crippen molar-refractivity contribution in [3.05, 3.63) is 46.5 Å². The SMILES string of the molecule is CCCCCCCCCCCCc1c(CCCCCCCCCCCC)c(P(=O)(O)O)c(CCCCCCCCCCCC)c(CCCCCCCCCCCC)c1-c1ccc(P(=O)(O)O)cc1. The Morgan fingerprint density at radius 2 is 0.515 bits per heavy atom. The molecule has 0 saturated heterocycles. The Morgan fingerprint density at radius 1 is 0.294 bits per heavy atom. The predicted octanol–water partition coefficient (Wildman–Crippen LogP) is 18.8. The molecule has 0 spiro atoms. The van der Waals surface area contributed by atoms with Crippen LogP contribution in [0.25, 0.3) is 11.1 Å². The maximum atomic E-state index is 14.2. The fourth-order valence-electron chi connectivity index (χ4n) is 10.7. The van der Waals surface area contributed by atoms with E-state index in [0.29, 0.717) is 18.1 Å². The summed E-state index contributed by atoms with van der Waals surface area (Å²) in [5.74, 6) is 0. The molecule has 6 nitrogen and oxygen atoms in total. The van der Waals surface area contributed by atoms with Gasteiger partial charge in [-0.05, 0) is 96.9 Å². The quantitative estimate of drug-likeness (QED) is 0.0388. The summed E-state index contributed by atoms with van der Waals surface area (Å²) in [6.07, 6.45) is 51.5. The first-order valence-corrected chi connectivity index (χ1v) is 32.7. The smallest absolute Gasteiger partial charge is 0.321 e. The van der Waals surface area contributed by atoms with Gasteiger partial charge in [0.1, 0.15) is 0 Å². The molecule has 0 heterocycles. The summed E-state index contributed by atoms with van der Waals surface area (Å²) in [4.78, 5) is 43.6. The molecule has 4 N–H and O–H groups in total. The maximum Gasteiger partial charge on any atom is 0.356 e. The van der Waals surface area contributed by atoms with E-state index in [1.807, 2.05) is 12.1 Å². The Labute approximate surface area is 420 Å². The normalized spacial score (nSPS) is 12.2. The molecule has 68 heavy (non-hydrogen) atoms. The van der Waals surface area contributed by atoms with E-state index in [9.17, 15) is 28.7 Å². The summed E-state index contributed by atoms with van der Waals surface area (Å²) in [7, 11) is -9.14. The van der Waals surface area contributed by atoms with Gasteiger partial charge in [-0.3, -0.25) is 9.13 Å². The van der Waals surface area contributed by atoms with Gasteiger partial charge in [-0.15, -0.1) is 0 Å². The maximum absolute atomic E-state index is 14.2. The minimum absolute atomic E-state index is 0.0109. The minimum Gasteiger partial charge on any atom is -0.321 e. The summed E-state index contributed by atoms with van der Waals surface area (Å²) in [5, 5.41) is 0.348. The molecule has 0 aliphatic heterocycles. The van der Waals surface area contributed by atoms with Crippen LogP contribution in [0.2, 0.25) is 0 Å². The van der Waals surface area contributed by atoms with E-state index in [1.165, 1.54) is 193 Å². The molecule has 2 aromatic rings. The molecule has 2 aromatic carbocycles. The highest BCUT2D eigenvalue weighted by Crippen LogP contribution is 2.45. The summed E-state index contributed by atoms with van der Waals surface area (Å²) in [6, 6.07) is 6.95. The van der Waals surface area contributed by atoms with E-state index < -0.39 is 15.2 Å². The summed E-state index contributed by atoms with van der Waals surface area (Å²) in [6.45, 7) is 9.06. The van der Waals surface area contributed by atoms with Crippen molar-refractivity contribution in [3.8, 4) is 11.1 Å².